The van der Waals surface area contributed by atoms with E-state index in [1.165, 1.54) is 17.7 Å². The van der Waals surface area contributed by atoms with Gasteiger partial charge in [0.25, 0.3) is 0 Å². The van der Waals surface area contributed by atoms with Crippen LogP contribution in [-0.4, -0.2) is 9.97 Å². The van der Waals surface area contributed by atoms with E-state index in [0.29, 0.717) is 11.1 Å². The molecule has 0 aromatic carbocycles. The fraction of sp³-hybridized carbons (Fsp3) is 0.333. The van der Waals surface area contributed by atoms with Crippen LogP contribution < -0.4 is 0 Å². The highest BCUT2D eigenvalue weighted by Crippen LogP contribution is 2.41. The highest BCUT2D eigenvalue weighted by molar-refractivity contribution is 9.10. The van der Waals surface area contributed by atoms with Crippen molar-refractivity contribution < 1.29 is 0 Å². The lowest BCUT2D eigenvalue weighted by molar-refractivity contribution is 0.996. The highest BCUT2D eigenvalue weighted by atomic mass is 79.9. The van der Waals surface area contributed by atoms with Crippen LogP contribution >= 0.6 is 38.9 Å². The summed E-state index contributed by atoms with van der Waals surface area (Å²) in [5.74, 6) is 1.34. The molecule has 0 unspecified atom stereocenters. The number of thiophene rings is 1. The molecule has 0 saturated heterocycles. The van der Waals surface area contributed by atoms with E-state index in [1.807, 2.05) is 6.07 Å². The molecule has 0 radical (unpaired) electrons. The first-order valence-corrected chi connectivity index (χ1v) is 7.43. The molecule has 1 fully saturated rings. The zero-order chi connectivity index (χ0) is 12.0. The molecule has 2 aromatic heterocycles. The third-order valence-corrected chi connectivity index (χ3v) is 5.11. The molecule has 3 rings (SSSR count). The summed E-state index contributed by atoms with van der Waals surface area (Å²) in [6.45, 7) is 2.07. The lowest BCUT2D eigenvalue weighted by Crippen LogP contribution is -1.93. The predicted octanol–water partition coefficient (Wildman–Crippen LogP) is 4.81. The molecule has 5 heteroatoms. The van der Waals surface area contributed by atoms with Gasteiger partial charge >= 0.3 is 0 Å². The smallest absolute Gasteiger partial charge is 0.171 e. The average Bonchev–Trinajstić information content (AvgIpc) is 3.06. The molecule has 0 atom stereocenters. The molecule has 2 aromatic rings. The molecule has 1 aliphatic carbocycles. The Morgan fingerprint density at radius 2 is 2.12 bits per heavy atom. The monoisotopic (exact) mass is 328 g/mol. The number of halogens is 2. The van der Waals surface area contributed by atoms with Gasteiger partial charge in [0.1, 0.15) is 5.15 Å². The van der Waals surface area contributed by atoms with Crippen molar-refractivity contribution >= 4 is 38.9 Å². The molecule has 0 N–H and O–H groups in total. The third kappa shape index (κ3) is 2.39. The van der Waals surface area contributed by atoms with Gasteiger partial charge in [0, 0.05) is 21.0 Å². The van der Waals surface area contributed by atoms with E-state index in [0.717, 1.165) is 20.9 Å². The first kappa shape index (κ1) is 11.6. The Hall–Kier alpha value is -0.450. The fourth-order valence-electron chi connectivity index (χ4n) is 1.70. The standard InChI is InChI=1S/C12H10BrClN2S/c1-6-8(13)4-10(17-6)12-15-9(7-2-3-7)5-11(14)16-12/h4-5,7H,2-3H2,1H3. The highest BCUT2D eigenvalue weighted by Gasteiger charge is 2.26. The van der Waals surface area contributed by atoms with E-state index in [9.17, 15) is 0 Å². The van der Waals surface area contributed by atoms with Crippen LogP contribution in [0.3, 0.4) is 0 Å². The van der Waals surface area contributed by atoms with Crippen molar-refractivity contribution in [1.29, 1.82) is 0 Å². The molecule has 2 nitrogen and oxygen atoms in total. The maximum absolute atomic E-state index is 6.06. The summed E-state index contributed by atoms with van der Waals surface area (Å²) < 4.78 is 1.11. The van der Waals surface area contributed by atoms with Crippen molar-refractivity contribution in [3.05, 3.63) is 32.3 Å². The SMILES string of the molecule is Cc1sc(-c2nc(Cl)cc(C3CC3)n2)cc1Br. The van der Waals surface area contributed by atoms with Gasteiger partial charge in [0.2, 0.25) is 0 Å². The largest absolute Gasteiger partial charge is 0.232 e. The van der Waals surface area contributed by atoms with Crippen molar-refractivity contribution in [2.75, 3.05) is 0 Å². The number of hydrogen-bond donors (Lipinski definition) is 0. The van der Waals surface area contributed by atoms with Crippen LogP contribution in [0.4, 0.5) is 0 Å². The maximum atomic E-state index is 6.06. The number of nitrogens with zero attached hydrogens (tertiary/aromatic N) is 2. The van der Waals surface area contributed by atoms with Gasteiger partial charge in [-0.15, -0.1) is 11.3 Å². The topological polar surface area (TPSA) is 25.8 Å². The Kier molecular flexibility index (Phi) is 2.97. The lowest BCUT2D eigenvalue weighted by atomic mass is 10.3. The Balaban J connectivity index is 2.07. The van der Waals surface area contributed by atoms with Crippen LogP contribution in [0.25, 0.3) is 10.7 Å². The van der Waals surface area contributed by atoms with Crippen LogP contribution in [0.5, 0.6) is 0 Å². The lowest BCUT2D eigenvalue weighted by Gasteiger charge is -2.01. The Bertz CT molecular complexity index is 558. The van der Waals surface area contributed by atoms with Crippen LogP contribution in [0, 0.1) is 6.92 Å². The molecule has 2 heterocycles. The van der Waals surface area contributed by atoms with Gasteiger partial charge in [-0.2, -0.15) is 0 Å². The minimum absolute atomic E-state index is 0.541. The van der Waals surface area contributed by atoms with Gasteiger partial charge in [0.15, 0.2) is 5.82 Å². The van der Waals surface area contributed by atoms with Crippen LogP contribution in [0.1, 0.15) is 29.3 Å². The Labute approximate surface area is 117 Å². The van der Waals surface area contributed by atoms with Gasteiger partial charge in [0.05, 0.1) is 4.88 Å². The molecule has 17 heavy (non-hydrogen) atoms. The normalized spacial score (nSPS) is 15.2. The fourth-order valence-corrected chi connectivity index (χ4v) is 3.36. The van der Waals surface area contributed by atoms with E-state index in [1.54, 1.807) is 11.3 Å². The first-order chi connectivity index (χ1) is 8.13. The summed E-state index contributed by atoms with van der Waals surface area (Å²) in [6, 6.07) is 3.95. The predicted molar refractivity (Wildman–Crippen MR) is 74.8 cm³/mol. The van der Waals surface area contributed by atoms with E-state index >= 15 is 0 Å². The van der Waals surface area contributed by atoms with Crippen molar-refractivity contribution in [3.63, 3.8) is 0 Å². The summed E-state index contributed by atoms with van der Waals surface area (Å²) in [6.07, 6.45) is 2.44. The zero-order valence-corrected chi connectivity index (χ0v) is 12.4. The van der Waals surface area contributed by atoms with Gasteiger partial charge < -0.3 is 0 Å². The molecule has 1 saturated carbocycles. The van der Waals surface area contributed by atoms with Crippen molar-refractivity contribution in [1.82, 2.24) is 9.97 Å². The number of aromatic nitrogens is 2. The molecule has 0 amide bonds. The second kappa shape index (κ2) is 4.34. The van der Waals surface area contributed by atoms with Crippen LogP contribution in [-0.2, 0) is 0 Å². The molecular weight excluding hydrogens is 320 g/mol. The van der Waals surface area contributed by atoms with Crippen molar-refractivity contribution in [2.45, 2.75) is 25.7 Å². The number of hydrogen-bond acceptors (Lipinski definition) is 3. The minimum Gasteiger partial charge on any atom is -0.232 e. The third-order valence-electron chi connectivity index (χ3n) is 2.79. The Morgan fingerprint density at radius 1 is 1.35 bits per heavy atom. The second-order valence-corrected chi connectivity index (χ2v) is 6.73. The van der Waals surface area contributed by atoms with E-state index in [4.69, 9.17) is 11.6 Å². The van der Waals surface area contributed by atoms with E-state index < -0.39 is 0 Å². The molecule has 0 aliphatic heterocycles. The maximum Gasteiger partial charge on any atom is 0.171 e. The van der Waals surface area contributed by atoms with E-state index in [2.05, 4.69) is 38.9 Å². The van der Waals surface area contributed by atoms with Crippen molar-refractivity contribution in [2.24, 2.45) is 0 Å². The Morgan fingerprint density at radius 3 is 2.71 bits per heavy atom. The minimum atomic E-state index is 0.541. The van der Waals surface area contributed by atoms with E-state index in [-0.39, 0.29) is 0 Å². The summed E-state index contributed by atoms with van der Waals surface area (Å²) in [7, 11) is 0. The summed E-state index contributed by atoms with van der Waals surface area (Å²) in [5, 5.41) is 0.541. The average molecular weight is 330 g/mol. The van der Waals surface area contributed by atoms with Gasteiger partial charge in [-0.1, -0.05) is 11.6 Å². The van der Waals surface area contributed by atoms with Crippen LogP contribution in [0.2, 0.25) is 5.15 Å². The quantitative estimate of drug-likeness (QED) is 0.739. The van der Waals surface area contributed by atoms with Gasteiger partial charge in [-0.05, 0) is 47.8 Å². The first-order valence-electron chi connectivity index (χ1n) is 5.44. The molecule has 0 spiro atoms. The zero-order valence-electron chi connectivity index (χ0n) is 9.20. The van der Waals surface area contributed by atoms with Crippen LogP contribution in [0.15, 0.2) is 16.6 Å². The van der Waals surface area contributed by atoms with Crippen molar-refractivity contribution in [3.8, 4) is 10.7 Å². The molecule has 1 aliphatic rings. The summed E-state index contributed by atoms with van der Waals surface area (Å²) >= 11 is 11.3. The molecule has 88 valence electrons. The molecular formula is C12H10BrClN2S. The number of rotatable bonds is 2. The second-order valence-electron chi connectivity index (χ2n) is 4.23. The number of aryl methyl sites for hydroxylation is 1. The summed E-state index contributed by atoms with van der Waals surface area (Å²) in [4.78, 5) is 11.2. The van der Waals surface area contributed by atoms with Gasteiger partial charge in [-0.3, -0.25) is 0 Å². The molecule has 0 bridgehead atoms. The van der Waals surface area contributed by atoms with Gasteiger partial charge in [-0.25, -0.2) is 9.97 Å². The summed E-state index contributed by atoms with van der Waals surface area (Å²) in [5.41, 5.74) is 1.09.